The summed E-state index contributed by atoms with van der Waals surface area (Å²) in [6, 6.07) is 11.3. The lowest BCUT2D eigenvalue weighted by Crippen LogP contribution is -2.36. The van der Waals surface area contributed by atoms with Crippen LogP contribution in [-0.4, -0.2) is 30.2 Å². The van der Waals surface area contributed by atoms with E-state index in [4.69, 9.17) is 9.15 Å². The largest absolute Gasteiger partial charge is 0.588 e. The van der Waals surface area contributed by atoms with Gasteiger partial charge in [-0.15, -0.1) is 0 Å². The number of benzene rings is 2. The molecule has 1 saturated heterocycles. The molecule has 4 rings (SSSR count). The standard InChI is InChI=1S/C21H21FN2O4S/c1-2-10-27-17-6-3-4-7-20(17)29(26)23-21(25)19-13-15-16(22)11-14(12-18(15)28-19)24-8-5-9-24/h3-4,6-7,11-13H,2,5,8-10H2,1H3,(H,23,25). The molecule has 0 radical (unpaired) electrons. The van der Waals surface area contributed by atoms with Crippen LogP contribution in [0, 0.1) is 5.82 Å². The van der Waals surface area contributed by atoms with Crippen LogP contribution in [-0.2, 0) is 11.4 Å². The molecule has 3 aromatic rings. The third-order valence-electron chi connectivity index (χ3n) is 4.71. The number of furan rings is 1. The number of hydrogen-bond acceptors (Lipinski definition) is 5. The lowest BCUT2D eigenvalue weighted by atomic mass is 10.1. The summed E-state index contributed by atoms with van der Waals surface area (Å²) in [7, 11) is 0. The first-order chi connectivity index (χ1) is 14.1. The molecule has 1 aliphatic rings. The van der Waals surface area contributed by atoms with E-state index in [0.29, 0.717) is 17.3 Å². The van der Waals surface area contributed by atoms with Crippen molar-refractivity contribution in [1.82, 2.24) is 4.72 Å². The molecule has 29 heavy (non-hydrogen) atoms. The average molecular weight is 416 g/mol. The van der Waals surface area contributed by atoms with E-state index in [0.717, 1.165) is 31.6 Å². The van der Waals surface area contributed by atoms with Crippen molar-refractivity contribution in [3.63, 3.8) is 0 Å². The number of carbonyl (C=O) groups is 1. The van der Waals surface area contributed by atoms with Gasteiger partial charge in [-0.05, 0) is 31.0 Å². The highest BCUT2D eigenvalue weighted by Crippen LogP contribution is 2.30. The van der Waals surface area contributed by atoms with Crippen LogP contribution in [0.4, 0.5) is 10.1 Å². The van der Waals surface area contributed by atoms with Crippen LogP contribution in [0.15, 0.2) is 51.8 Å². The minimum Gasteiger partial charge on any atom is -0.588 e. The highest BCUT2D eigenvalue weighted by molar-refractivity contribution is 7.90. The molecule has 1 aromatic heterocycles. The molecule has 1 amide bonds. The third kappa shape index (κ3) is 4.04. The Morgan fingerprint density at radius 2 is 2.10 bits per heavy atom. The van der Waals surface area contributed by atoms with E-state index in [2.05, 4.69) is 4.72 Å². The van der Waals surface area contributed by atoms with E-state index in [1.54, 1.807) is 30.3 Å². The number of anilines is 1. The van der Waals surface area contributed by atoms with Crippen LogP contribution in [0.2, 0.25) is 0 Å². The topological polar surface area (TPSA) is 77.8 Å². The van der Waals surface area contributed by atoms with Gasteiger partial charge in [0.2, 0.25) is 4.90 Å². The number of nitrogens with one attached hydrogen (secondary N) is 1. The Kier molecular flexibility index (Phi) is 5.64. The summed E-state index contributed by atoms with van der Waals surface area (Å²) in [5.74, 6) is -0.788. The summed E-state index contributed by atoms with van der Waals surface area (Å²) < 4.78 is 40.7. The molecule has 2 heterocycles. The molecule has 2 aromatic carbocycles. The summed E-state index contributed by atoms with van der Waals surface area (Å²) in [6.07, 6.45) is 1.87. The van der Waals surface area contributed by atoms with Crippen molar-refractivity contribution >= 4 is 33.9 Å². The number of rotatable bonds is 7. The number of amides is 1. The maximum Gasteiger partial charge on any atom is 0.328 e. The maximum atomic E-state index is 14.4. The molecule has 1 fully saturated rings. The average Bonchev–Trinajstić information content (AvgIpc) is 3.10. The fraction of sp³-hybridized carbons (Fsp3) is 0.286. The van der Waals surface area contributed by atoms with Gasteiger partial charge in [0, 0.05) is 30.9 Å². The van der Waals surface area contributed by atoms with Crippen molar-refractivity contribution in [3.05, 3.63) is 54.0 Å². The number of halogens is 1. The molecule has 1 N–H and O–H groups in total. The fourth-order valence-corrected chi connectivity index (χ4v) is 3.97. The van der Waals surface area contributed by atoms with Gasteiger partial charge in [-0.25, -0.2) is 4.39 Å². The van der Waals surface area contributed by atoms with E-state index in [-0.39, 0.29) is 16.7 Å². The van der Waals surface area contributed by atoms with E-state index in [1.807, 2.05) is 11.8 Å². The van der Waals surface area contributed by atoms with Crippen molar-refractivity contribution in [2.45, 2.75) is 24.7 Å². The molecule has 0 spiro atoms. The number of para-hydroxylation sites is 1. The summed E-state index contributed by atoms with van der Waals surface area (Å²) in [4.78, 5) is 14.9. The molecule has 8 heteroatoms. The van der Waals surface area contributed by atoms with Gasteiger partial charge in [0.05, 0.1) is 12.0 Å². The molecule has 1 unspecified atom stereocenters. The first kappa shape index (κ1) is 19.6. The maximum absolute atomic E-state index is 14.4. The van der Waals surface area contributed by atoms with E-state index in [9.17, 15) is 13.7 Å². The Labute approximate surface area is 170 Å². The van der Waals surface area contributed by atoms with Gasteiger partial charge in [0.1, 0.15) is 22.8 Å². The molecule has 1 aliphatic heterocycles. The summed E-state index contributed by atoms with van der Waals surface area (Å²) in [5, 5.41) is 0.219. The zero-order valence-corrected chi connectivity index (χ0v) is 16.8. The molecule has 152 valence electrons. The van der Waals surface area contributed by atoms with Gasteiger partial charge >= 0.3 is 5.91 Å². The van der Waals surface area contributed by atoms with Crippen LogP contribution >= 0.6 is 0 Å². The van der Waals surface area contributed by atoms with Crippen molar-refractivity contribution in [2.75, 3.05) is 24.6 Å². The molecule has 6 nitrogen and oxygen atoms in total. The smallest absolute Gasteiger partial charge is 0.328 e. The van der Waals surface area contributed by atoms with Crippen LogP contribution in [0.25, 0.3) is 11.0 Å². The zero-order valence-electron chi connectivity index (χ0n) is 15.9. The highest BCUT2D eigenvalue weighted by Gasteiger charge is 2.25. The number of nitrogens with zero attached hydrogens (tertiary/aromatic N) is 1. The number of fused-ring (bicyclic) bond motifs is 1. The number of carbonyl (C=O) groups excluding carboxylic acids is 1. The summed E-state index contributed by atoms with van der Waals surface area (Å²) in [6.45, 7) is 4.19. The normalized spacial score (nSPS) is 14.5. The monoisotopic (exact) mass is 416 g/mol. The fourth-order valence-electron chi connectivity index (χ4n) is 3.08. The first-order valence-electron chi connectivity index (χ1n) is 9.49. The van der Waals surface area contributed by atoms with Crippen molar-refractivity contribution in [2.24, 2.45) is 0 Å². The van der Waals surface area contributed by atoms with Crippen LogP contribution in [0.5, 0.6) is 5.75 Å². The van der Waals surface area contributed by atoms with E-state index >= 15 is 0 Å². The molecule has 1 atom stereocenters. The molecule has 0 saturated carbocycles. The van der Waals surface area contributed by atoms with E-state index in [1.165, 1.54) is 12.1 Å². The van der Waals surface area contributed by atoms with Crippen molar-refractivity contribution in [1.29, 1.82) is 0 Å². The van der Waals surface area contributed by atoms with Crippen molar-refractivity contribution < 1.29 is 22.9 Å². The molecule has 0 bridgehead atoms. The minimum absolute atomic E-state index is 0.0973. The predicted molar refractivity (Wildman–Crippen MR) is 109 cm³/mol. The Balaban J connectivity index is 1.54. The Hall–Kier alpha value is -2.71. The zero-order chi connectivity index (χ0) is 20.4. The third-order valence-corrected chi connectivity index (χ3v) is 5.82. The number of ether oxygens (including phenoxy) is 1. The lowest BCUT2D eigenvalue weighted by molar-refractivity contribution is 0.0956. The van der Waals surface area contributed by atoms with Gasteiger partial charge in [0.25, 0.3) is 0 Å². The molecular formula is C21H21FN2O4S. The van der Waals surface area contributed by atoms with Gasteiger partial charge < -0.3 is 18.6 Å². The van der Waals surface area contributed by atoms with Gasteiger partial charge in [0.15, 0.2) is 11.5 Å². The minimum atomic E-state index is -1.85. The predicted octanol–water partition coefficient (Wildman–Crippen LogP) is 4.02. The van der Waals surface area contributed by atoms with E-state index < -0.39 is 23.1 Å². The second-order valence-corrected chi connectivity index (χ2v) is 7.97. The lowest BCUT2D eigenvalue weighted by Gasteiger charge is -2.33. The summed E-state index contributed by atoms with van der Waals surface area (Å²) >= 11 is -1.85. The van der Waals surface area contributed by atoms with Crippen molar-refractivity contribution in [3.8, 4) is 5.75 Å². The Morgan fingerprint density at radius 1 is 1.31 bits per heavy atom. The van der Waals surface area contributed by atoms with Gasteiger partial charge in [-0.2, -0.15) is 4.72 Å². The second kappa shape index (κ2) is 8.34. The van der Waals surface area contributed by atoms with Gasteiger partial charge in [-0.3, -0.25) is 4.79 Å². The first-order valence-corrected chi connectivity index (χ1v) is 10.6. The summed E-state index contributed by atoms with van der Waals surface area (Å²) in [5.41, 5.74) is 1.02. The van der Waals surface area contributed by atoms with Crippen LogP contribution < -0.4 is 14.4 Å². The SMILES string of the molecule is CCCOc1ccccc1[S+]([O-])NC(=O)c1cc2c(F)cc(N3CCC3)cc2o1. The molecular weight excluding hydrogens is 395 g/mol. The van der Waals surface area contributed by atoms with Crippen LogP contribution in [0.1, 0.15) is 30.3 Å². The Bertz CT molecular complexity index is 1030. The van der Waals surface area contributed by atoms with Crippen LogP contribution in [0.3, 0.4) is 0 Å². The second-order valence-electron chi connectivity index (χ2n) is 6.79. The highest BCUT2D eigenvalue weighted by atomic mass is 32.2. The van der Waals surface area contributed by atoms with Gasteiger partial charge in [-0.1, -0.05) is 19.1 Å². The molecule has 0 aliphatic carbocycles. The number of hydrogen-bond donors (Lipinski definition) is 1. The quantitative estimate of drug-likeness (QED) is 0.589. The Morgan fingerprint density at radius 3 is 2.83 bits per heavy atom.